The zero-order chi connectivity index (χ0) is 18.4. The van der Waals surface area contributed by atoms with Gasteiger partial charge in [0.05, 0.1) is 18.1 Å². The Kier molecular flexibility index (Phi) is 7.42. The van der Waals surface area contributed by atoms with Gasteiger partial charge in [0, 0.05) is 36.2 Å². The van der Waals surface area contributed by atoms with Gasteiger partial charge in [0.25, 0.3) is 5.91 Å². The molecule has 1 saturated heterocycles. The summed E-state index contributed by atoms with van der Waals surface area (Å²) in [5, 5.41) is 0. The minimum absolute atomic E-state index is 0.131. The molecule has 0 radical (unpaired) electrons. The van der Waals surface area contributed by atoms with Crippen LogP contribution in [0.25, 0.3) is 0 Å². The lowest BCUT2D eigenvalue weighted by molar-refractivity contribution is 0.0729. The van der Waals surface area contributed by atoms with Crippen LogP contribution in [0.1, 0.15) is 37.0 Å². The van der Waals surface area contributed by atoms with E-state index in [0.29, 0.717) is 49.4 Å². The van der Waals surface area contributed by atoms with Crippen LogP contribution in [0.3, 0.4) is 0 Å². The largest absolute Gasteiger partial charge is 0.379 e. The fraction of sp³-hybridized carbons (Fsp3) is 0.588. The molecule has 1 amide bonds. The Morgan fingerprint density at radius 3 is 2.56 bits per heavy atom. The van der Waals surface area contributed by atoms with Crippen molar-refractivity contribution in [2.45, 2.75) is 31.6 Å². The molecule has 0 aromatic heterocycles. The number of carbonyl (C=O) groups excluding carboxylic acids is 1. The molecule has 0 spiro atoms. The third kappa shape index (κ3) is 4.81. The molecule has 1 fully saturated rings. The van der Waals surface area contributed by atoms with E-state index >= 15 is 0 Å². The normalized spacial score (nSPS) is 16.0. The van der Waals surface area contributed by atoms with Gasteiger partial charge in [-0.3, -0.25) is 4.79 Å². The lowest BCUT2D eigenvalue weighted by Gasteiger charge is -2.27. The highest BCUT2D eigenvalue weighted by atomic mass is 79.9. The first kappa shape index (κ1) is 20.4. The van der Waals surface area contributed by atoms with Crippen LogP contribution in [-0.4, -0.2) is 62.9 Å². The molecule has 8 heteroatoms. The van der Waals surface area contributed by atoms with E-state index in [1.807, 2.05) is 6.92 Å². The number of halogens is 1. The van der Waals surface area contributed by atoms with Crippen molar-refractivity contribution in [3.05, 3.63) is 28.2 Å². The lowest BCUT2D eigenvalue weighted by atomic mass is 10.2. The fourth-order valence-corrected chi connectivity index (χ4v) is 5.05. The summed E-state index contributed by atoms with van der Waals surface area (Å²) in [6, 6.07) is 4.78. The Labute approximate surface area is 158 Å². The maximum Gasteiger partial charge on any atom is 0.253 e. The van der Waals surface area contributed by atoms with Crippen molar-refractivity contribution in [3.63, 3.8) is 0 Å². The average molecular weight is 433 g/mol. The van der Waals surface area contributed by atoms with Crippen LogP contribution < -0.4 is 0 Å². The third-order valence-corrected chi connectivity index (χ3v) is 7.11. The van der Waals surface area contributed by atoms with E-state index in [0.717, 1.165) is 12.8 Å². The Morgan fingerprint density at radius 2 is 1.96 bits per heavy atom. The summed E-state index contributed by atoms with van der Waals surface area (Å²) in [7, 11) is -3.66. The van der Waals surface area contributed by atoms with Gasteiger partial charge in [-0.15, -0.1) is 0 Å². The summed E-state index contributed by atoms with van der Waals surface area (Å²) >= 11 is 3.32. The van der Waals surface area contributed by atoms with Crippen molar-refractivity contribution in [2.75, 3.05) is 39.4 Å². The van der Waals surface area contributed by atoms with E-state index < -0.39 is 10.0 Å². The number of hydrogen-bond donors (Lipinski definition) is 0. The van der Waals surface area contributed by atoms with Gasteiger partial charge in [-0.05, 0) is 47.5 Å². The standard InChI is InChI=1S/C17H25BrN2O4S/c1-3-5-8-19(4-2)17(21)14-6-7-15(18)16(13-14)25(22,23)20-9-11-24-12-10-20/h6-7,13H,3-5,8-12H2,1-2H3. The van der Waals surface area contributed by atoms with Crippen molar-refractivity contribution in [3.8, 4) is 0 Å². The van der Waals surface area contributed by atoms with E-state index in [-0.39, 0.29) is 10.8 Å². The monoisotopic (exact) mass is 432 g/mol. The van der Waals surface area contributed by atoms with Gasteiger partial charge in [-0.2, -0.15) is 4.31 Å². The second kappa shape index (κ2) is 9.12. The number of morpholine rings is 1. The zero-order valence-electron chi connectivity index (χ0n) is 14.7. The van der Waals surface area contributed by atoms with Gasteiger partial charge < -0.3 is 9.64 Å². The van der Waals surface area contributed by atoms with Gasteiger partial charge >= 0.3 is 0 Å². The summed E-state index contributed by atoms with van der Waals surface area (Å²) in [4.78, 5) is 14.6. The molecule has 0 N–H and O–H groups in total. The first-order valence-electron chi connectivity index (χ1n) is 8.58. The molecule has 1 aromatic carbocycles. The summed E-state index contributed by atoms with van der Waals surface area (Å²) < 4.78 is 32.9. The molecule has 140 valence electrons. The second-order valence-electron chi connectivity index (χ2n) is 5.90. The van der Waals surface area contributed by atoms with Crippen LogP contribution in [0.15, 0.2) is 27.6 Å². The number of unbranched alkanes of at least 4 members (excludes halogenated alkanes) is 1. The Balaban J connectivity index is 2.31. The topological polar surface area (TPSA) is 66.9 Å². The number of hydrogen-bond acceptors (Lipinski definition) is 4. The summed E-state index contributed by atoms with van der Waals surface area (Å²) in [6.07, 6.45) is 1.93. The SMILES string of the molecule is CCCCN(CC)C(=O)c1ccc(Br)c(S(=O)(=O)N2CCOCC2)c1. The van der Waals surface area contributed by atoms with Crippen LogP contribution in [0.5, 0.6) is 0 Å². The first-order valence-corrected chi connectivity index (χ1v) is 10.8. The number of benzene rings is 1. The molecule has 0 unspecified atom stereocenters. The molecule has 2 rings (SSSR count). The molecular weight excluding hydrogens is 408 g/mol. The van der Waals surface area contributed by atoms with Gasteiger partial charge in [0.15, 0.2) is 0 Å². The predicted octanol–water partition coefficient (Wildman–Crippen LogP) is 2.73. The van der Waals surface area contributed by atoms with E-state index in [9.17, 15) is 13.2 Å². The van der Waals surface area contributed by atoms with Crippen molar-refractivity contribution in [1.29, 1.82) is 0 Å². The first-order chi connectivity index (χ1) is 11.9. The minimum atomic E-state index is -3.66. The maximum atomic E-state index is 12.9. The second-order valence-corrected chi connectivity index (χ2v) is 8.66. The molecule has 1 aliphatic rings. The van der Waals surface area contributed by atoms with E-state index in [1.54, 1.807) is 17.0 Å². The molecule has 0 atom stereocenters. The molecule has 1 aliphatic heterocycles. The van der Waals surface area contributed by atoms with Crippen LogP contribution in [-0.2, 0) is 14.8 Å². The molecule has 0 aliphatic carbocycles. The quantitative estimate of drug-likeness (QED) is 0.663. The van der Waals surface area contributed by atoms with Gasteiger partial charge in [0.1, 0.15) is 0 Å². The number of sulfonamides is 1. The Hall–Kier alpha value is -0.960. The summed E-state index contributed by atoms with van der Waals surface area (Å²) in [5.74, 6) is -0.137. The number of nitrogens with zero attached hydrogens (tertiary/aromatic N) is 2. The molecular formula is C17H25BrN2O4S. The summed E-state index contributed by atoms with van der Waals surface area (Å²) in [5.41, 5.74) is 0.396. The van der Waals surface area contributed by atoms with E-state index in [2.05, 4.69) is 22.9 Å². The van der Waals surface area contributed by atoms with Crippen LogP contribution in [0, 0.1) is 0 Å². The van der Waals surface area contributed by atoms with Crippen molar-refractivity contribution >= 4 is 31.9 Å². The predicted molar refractivity (Wildman–Crippen MR) is 100 cm³/mol. The van der Waals surface area contributed by atoms with Crippen LogP contribution in [0.2, 0.25) is 0 Å². The zero-order valence-corrected chi connectivity index (χ0v) is 17.1. The van der Waals surface area contributed by atoms with Crippen molar-refractivity contribution in [1.82, 2.24) is 9.21 Å². The molecule has 1 heterocycles. The minimum Gasteiger partial charge on any atom is -0.379 e. The maximum absolute atomic E-state index is 12.9. The third-order valence-electron chi connectivity index (χ3n) is 4.22. The average Bonchev–Trinajstić information content (AvgIpc) is 2.63. The number of amides is 1. The Bertz CT molecular complexity index is 703. The smallest absolute Gasteiger partial charge is 0.253 e. The lowest BCUT2D eigenvalue weighted by Crippen LogP contribution is -2.40. The summed E-state index contributed by atoms with van der Waals surface area (Å²) in [6.45, 7) is 6.69. The highest BCUT2D eigenvalue weighted by molar-refractivity contribution is 9.10. The highest BCUT2D eigenvalue weighted by Crippen LogP contribution is 2.27. The number of ether oxygens (including phenoxy) is 1. The Morgan fingerprint density at radius 1 is 1.28 bits per heavy atom. The van der Waals surface area contributed by atoms with Crippen molar-refractivity contribution in [2.24, 2.45) is 0 Å². The van der Waals surface area contributed by atoms with Crippen molar-refractivity contribution < 1.29 is 17.9 Å². The van der Waals surface area contributed by atoms with E-state index in [4.69, 9.17) is 4.74 Å². The molecule has 0 saturated carbocycles. The molecule has 1 aromatic rings. The molecule has 6 nitrogen and oxygen atoms in total. The van der Waals surface area contributed by atoms with Gasteiger partial charge in [-0.1, -0.05) is 13.3 Å². The number of rotatable bonds is 7. The van der Waals surface area contributed by atoms with Crippen LogP contribution in [0.4, 0.5) is 0 Å². The number of carbonyl (C=O) groups is 1. The fourth-order valence-electron chi connectivity index (χ4n) is 2.69. The van der Waals surface area contributed by atoms with E-state index in [1.165, 1.54) is 10.4 Å². The van der Waals surface area contributed by atoms with Gasteiger partial charge in [0.2, 0.25) is 10.0 Å². The van der Waals surface area contributed by atoms with Gasteiger partial charge in [-0.25, -0.2) is 8.42 Å². The van der Waals surface area contributed by atoms with Crippen LogP contribution >= 0.6 is 15.9 Å². The molecule has 0 bridgehead atoms. The molecule has 25 heavy (non-hydrogen) atoms. The highest BCUT2D eigenvalue weighted by Gasteiger charge is 2.29.